The number of hydrogen-bond donors (Lipinski definition) is 0. The second-order valence-electron chi connectivity index (χ2n) is 15.6. The summed E-state index contributed by atoms with van der Waals surface area (Å²) >= 11 is 6.96. The van der Waals surface area contributed by atoms with E-state index in [1.807, 2.05) is 81.4 Å². The Balaban J connectivity index is 1.07. The second kappa shape index (κ2) is 18.0. The maximum absolute atomic E-state index is 13.9. The van der Waals surface area contributed by atoms with E-state index in [1.54, 1.807) is 12.1 Å². The molecule has 3 aliphatic heterocycles. The van der Waals surface area contributed by atoms with Gasteiger partial charge in [0.05, 0.1) is 27.5 Å². The molecule has 12 nitrogen and oxygen atoms in total. The molecule has 0 aliphatic carbocycles. The number of nitrogens with zero attached hydrogens (tertiary/aromatic N) is 3. The lowest BCUT2D eigenvalue weighted by Crippen LogP contribution is -2.62. The molecule has 0 N–H and O–H groups in total. The zero-order chi connectivity index (χ0) is 41.8. The Morgan fingerprint density at radius 3 is 2.15 bits per heavy atom. The van der Waals surface area contributed by atoms with Crippen molar-refractivity contribution in [1.82, 2.24) is 9.80 Å². The molecular weight excluding hydrogens is 774 g/mol. The van der Waals surface area contributed by atoms with Gasteiger partial charge in [-0.15, -0.1) is 0 Å². The molecule has 59 heavy (non-hydrogen) atoms. The lowest BCUT2D eigenvalue weighted by Gasteiger charge is -2.47. The van der Waals surface area contributed by atoms with Gasteiger partial charge < -0.3 is 19.1 Å². The molecule has 0 radical (unpaired) electrons. The molecule has 0 bridgehead atoms. The summed E-state index contributed by atoms with van der Waals surface area (Å²) in [5, 5.41) is 11.3. The molecule has 3 aliphatic rings. The van der Waals surface area contributed by atoms with E-state index >= 15 is 0 Å². The molecule has 4 aromatic rings. The van der Waals surface area contributed by atoms with Crippen LogP contribution in [0.2, 0.25) is 5.02 Å². The van der Waals surface area contributed by atoms with Gasteiger partial charge in [-0.25, -0.2) is 9.59 Å². The smallest absolute Gasteiger partial charge is 0.362 e. The van der Waals surface area contributed by atoms with Crippen LogP contribution in [0.25, 0.3) is 0 Å². The Morgan fingerprint density at radius 2 is 1.53 bits per heavy atom. The molecule has 3 heterocycles. The standard InChI is InChI=1S/C46H46ClN3O9/c1-28(2)39-41-29(3)36(42(49(41)44(39)52)46(54)59-45(53)32-16-18-34(19-17-32)50(55)56)25-48-24-10-15-33(48)20-22-37(51)35-21-23-38(57-26-30-11-6-4-7-12-30)43(40(35)47)58-27-31-13-8-5-9-14-31/h4-9,11-14,16-19,21,23,28-29,33,39,41H,10,15,20,22,24-27H2,1-3H3/t29-,33?,39+,41+/m0/s1. The summed E-state index contributed by atoms with van der Waals surface area (Å²) in [7, 11) is 0. The van der Waals surface area contributed by atoms with Gasteiger partial charge >= 0.3 is 11.9 Å². The van der Waals surface area contributed by atoms with Crippen LogP contribution in [-0.4, -0.2) is 63.5 Å². The Morgan fingerprint density at radius 1 is 0.881 bits per heavy atom. The fourth-order valence-electron chi connectivity index (χ4n) is 8.49. The molecular formula is C46H46ClN3O9. The van der Waals surface area contributed by atoms with E-state index in [-0.39, 0.29) is 76.5 Å². The Bertz CT molecular complexity index is 2260. The number of rotatable bonds is 16. The Kier molecular flexibility index (Phi) is 12.6. The van der Waals surface area contributed by atoms with Crippen LogP contribution in [0.3, 0.4) is 0 Å². The fraction of sp³-hybridized carbons (Fsp3) is 0.348. The van der Waals surface area contributed by atoms with E-state index in [1.165, 1.54) is 17.0 Å². The van der Waals surface area contributed by atoms with Crippen molar-refractivity contribution in [2.24, 2.45) is 17.8 Å². The largest absolute Gasteiger partial charge is 0.485 e. The van der Waals surface area contributed by atoms with E-state index in [0.29, 0.717) is 42.2 Å². The topological polar surface area (TPSA) is 146 Å². The van der Waals surface area contributed by atoms with Crippen LogP contribution in [0.15, 0.2) is 108 Å². The van der Waals surface area contributed by atoms with Gasteiger partial charge in [-0.2, -0.15) is 0 Å². The second-order valence-corrected chi connectivity index (χ2v) is 16.0. The highest BCUT2D eigenvalue weighted by atomic mass is 35.5. The molecule has 2 fully saturated rings. The minimum atomic E-state index is -0.970. The molecule has 4 atom stereocenters. The van der Waals surface area contributed by atoms with Gasteiger partial charge in [0.2, 0.25) is 5.91 Å². The number of carbonyl (C=O) groups is 4. The number of β-lactam (4-membered cyclic amide) rings is 1. The molecule has 0 spiro atoms. The summed E-state index contributed by atoms with van der Waals surface area (Å²) in [6, 6.07) is 27.3. The number of carbonyl (C=O) groups excluding carboxylic acids is 4. The van der Waals surface area contributed by atoms with E-state index in [9.17, 15) is 29.3 Å². The first-order valence-corrected chi connectivity index (χ1v) is 20.3. The molecule has 1 amide bonds. The molecule has 0 saturated carbocycles. The van der Waals surface area contributed by atoms with Crippen LogP contribution < -0.4 is 9.47 Å². The average Bonchev–Trinajstić information content (AvgIpc) is 3.78. The van der Waals surface area contributed by atoms with Crippen molar-refractivity contribution >= 4 is 40.9 Å². The number of hydrogen-bond acceptors (Lipinski definition) is 10. The molecule has 2 saturated heterocycles. The summed E-state index contributed by atoms with van der Waals surface area (Å²) in [5.74, 6) is -1.94. The number of ether oxygens (including phenoxy) is 3. The number of halogens is 1. The number of ketones is 1. The highest BCUT2D eigenvalue weighted by molar-refractivity contribution is 6.35. The molecule has 1 unspecified atom stereocenters. The Labute approximate surface area is 347 Å². The minimum Gasteiger partial charge on any atom is -0.485 e. The van der Waals surface area contributed by atoms with Gasteiger partial charge in [0.1, 0.15) is 18.9 Å². The van der Waals surface area contributed by atoms with Crippen LogP contribution in [0, 0.1) is 27.9 Å². The van der Waals surface area contributed by atoms with Crippen molar-refractivity contribution in [2.45, 2.75) is 71.8 Å². The van der Waals surface area contributed by atoms with Crippen molar-refractivity contribution < 1.29 is 38.3 Å². The van der Waals surface area contributed by atoms with Gasteiger partial charge in [0.25, 0.3) is 5.69 Å². The quantitative estimate of drug-likeness (QED) is 0.0269. The summed E-state index contributed by atoms with van der Waals surface area (Å²) < 4.78 is 17.7. The van der Waals surface area contributed by atoms with Gasteiger partial charge in [-0.05, 0) is 72.7 Å². The van der Waals surface area contributed by atoms with Crippen LogP contribution in [0.1, 0.15) is 78.3 Å². The molecule has 306 valence electrons. The number of benzene rings is 4. The van der Waals surface area contributed by atoms with Crippen molar-refractivity contribution in [3.63, 3.8) is 0 Å². The number of amides is 1. The van der Waals surface area contributed by atoms with Crippen molar-refractivity contribution in [2.75, 3.05) is 13.1 Å². The molecule has 4 aromatic carbocycles. The third kappa shape index (κ3) is 8.79. The van der Waals surface area contributed by atoms with Crippen LogP contribution >= 0.6 is 11.6 Å². The average molecular weight is 820 g/mol. The van der Waals surface area contributed by atoms with Gasteiger partial charge in [-0.1, -0.05) is 93.0 Å². The maximum atomic E-state index is 13.9. The SMILES string of the molecule is CC(C)[C@H]1C(=O)N2C(C(=O)OC(=O)c3ccc([N+](=O)[O-])cc3)=C(CN3CCCC3CCC(=O)c3ccc(OCc4ccccc4)c(OCc4ccccc4)c3Cl)[C@H](C)[C@H]12. The first-order chi connectivity index (χ1) is 28.4. The zero-order valence-electron chi connectivity index (χ0n) is 33.2. The Hall–Kier alpha value is -5.85. The minimum absolute atomic E-state index is 0.00330. The predicted molar refractivity (Wildman–Crippen MR) is 220 cm³/mol. The van der Waals surface area contributed by atoms with E-state index in [0.717, 1.165) is 42.6 Å². The van der Waals surface area contributed by atoms with Gasteiger partial charge in [-0.3, -0.25) is 24.6 Å². The van der Waals surface area contributed by atoms with Crippen molar-refractivity contribution in [3.8, 4) is 11.5 Å². The van der Waals surface area contributed by atoms with Crippen molar-refractivity contribution in [1.29, 1.82) is 0 Å². The van der Waals surface area contributed by atoms with Crippen molar-refractivity contribution in [3.05, 3.63) is 146 Å². The zero-order valence-corrected chi connectivity index (χ0v) is 33.9. The first kappa shape index (κ1) is 41.3. The number of non-ortho nitro benzene ring substituents is 1. The normalized spacial score (nSPS) is 20.0. The number of likely N-dealkylation sites (tertiary alicyclic amines) is 1. The fourth-order valence-corrected chi connectivity index (χ4v) is 8.81. The number of Topliss-reactive ketones (excluding diaryl/α,β-unsaturated/α-hetero) is 1. The monoisotopic (exact) mass is 819 g/mol. The van der Waals surface area contributed by atoms with E-state index in [4.69, 9.17) is 25.8 Å². The van der Waals surface area contributed by atoms with Crippen LogP contribution in [0.5, 0.6) is 11.5 Å². The lowest BCUT2D eigenvalue weighted by atomic mass is 9.74. The highest BCUT2D eigenvalue weighted by Crippen LogP contribution is 2.49. The maximum Gasteiger partial charge on any atom is 0.362 e. The first-order valence-electron chi connectivity index (χ1n) is 19.9. The summed E-state index contributed by atoms with van der Waals surface area (Å²) in [5.41, 5.74) is 2.79. The number of fused-ring (bicyclic) bond motifs is 1. The summed E-state index contributed by atoms with van der Waals surface area (Å²) in [4.78, 5) is 68.5. The van der Waals surface area contributed by atoms with Crippen LogP contribution in [0.4, 0.5) is 5.69 Å². The lowest BCUT2D eigenvalue weighted by molar-refractivity contribution is -0.384. The number of esters is 2. The number of nitro groups is 1. The highest BCUT2D eigenvalue weighted by Gasteiger charge is 2.59. The summed E-state index contributed by atoms with van der Waals surface area (Å²) in [6.07, 6.45) is 2.45. The molecule has 7 rings (SSSR count). The van der Waals surface area contributed by atoms with E-state index in [2.05, 4.69) is 4.90 Å². The van der Waals surface area contributed by atoms with E-state index < -0.39 is 16.9 Å². The van der Waals surface area contributed by atoms with Crippen LogP contribution in [-0.2, 0) is 27.5 Å². The van der Waals surface area contributed by atoms with Gasteiger partial charge in [0.15, 0.2) is 17.3 Å². The molecule has 0 aromatic heterocycles. The summed E-state index contributed by atoms with van der Waals surface area (Å²) in [6.45, 7) is 7.54. The third-order valence-electron chi connectivity index (χ3n) is 11.6. The third-order valence-corrected chi connectivity index (χ3v) is 12.0. The van der Waals surface area contributed by atoms with Gasteiger partial charge in [0, 0.05) is 42.6 Å². The number of nitro benzene ring substituents is 1. The predicted octanol–water partition coefficient (Wildman–Crippen LogP) is 8.60. The molecule has 13 heteroatoms.